The van der Waals surface area contributed by atoms with Crippen LogP contribution in [0.15, 0.2) is 64.8 Å². The first-order chi connectivity index (χ1) is 13.2. The molecule has 0 radical (unpaired) electrons. The lowest BCUT2D eigenvalue weighted by molar-refractivity contribution is 1.13. The van der Waals surface area contributed by atoms with E-state index in [9.17, 15) is 0 Å². The highest BCUT2D eigenvalue weighted by atomic mass is 32.1. The first-order valence-electron chi connectivity index (χ1n) is 9.00. The van der Waals surface area contributed by atoms with Crippen LogP contribution in [-0.4, -0.2) is 11.5 Å². The molecule has 0 amide bonds. The molecule has 0 spiro atoms. The van der Waals surface area contributed by atoms with E-state index >= 15 is 0 Å². The van der Waals surface area contributed by atoms with E-state index < -0.39 is 0 Å². The molecule has 4 aromatic rings. The molecule has 0 bridgehead atoms. The number of aromatic nitrogens is 1. The summed E-state index contributed by atoms with van der Waals surface area (Å²) in [5.41, 5.74) is 4.46. The van der Waals surface area contributed by atoms with Crippen molar-refractivity contribution in [3.8, 4) is 10.6 Å². The smallest absolute Gasteiger partial charge is 0.142 e. The number of thiophene rings is 1. The van der Waals surface area contributed by atoms with Gasteiger partial charge in [-0.15, -0.1) is 21.6 Å². The molecule has 2 heterocycles. The Morgan fingerprint density at radius 2 is 1.70 bits per heavy atom. The van der Waals surface area contributed by atoms with Crippen LogP contribution in [-0.2, 0) is 6.42 Å². The van der Waals surface area contributed by atoms with Crippen molar-refractivity contribution >= 4 is 48.6 Å². The maximum absolute atomic E-state index is 4.77. The van der Waals surface area contributed by atoms with Crippen molar-refractivity contribution in [1.82, 2.24) is 4.98 Å². The Morgan fingerprint density at radius 3 is 2.37 bits per heavy atom. The van der Waals surface area contributed by atoms with Crippen molar-refractivity contribution in [2.75, 3.05) is 11.9 Å². The highest BCUT2D eigenvalue weighted by Gasteiger charge is 2.10. The molecule has 2 aromatic carbocycles. The molecule has 0 aliphatic heterocycles. The first-order valence-corrected chi connectivity index (χ1v) is 10.6. The summed E-state index contributed by atoms with van der Waals surface area (Å²) in [7, 11) is 0. The maximum atomic E-state index is 4.77. The minimum Gasteiger partial charge on any atom is -0.385 e. The van der Waals surface area contributed by atoms with Gasteiger partial charge < -0.3 is 5.32 Å². The summed E-state index contributed by atoms with van der Waals surface area (Å²) in [5, 5.41) is 14.0. The highest BCUT2D eigenvalue weighted by molar-refractivity contribution is 7.30. The maximum Gasteiger partial charge on any atom is 0.142 e. The summed E-state index contributed by atoms with van der Waals surface area (Å²) in [6, 6.07) is 18.7. The van der Waals surface area contributed by atoms with Crippen molar-refractivity contribution in [2.45, 2.75) is 20.3 Å². The number of hydrogen-bond donors (Lipinski definition) is 1. The van der Waals surface area contributed by atoms with Gasteiger partial charge in [0.05, 0.1) is 10.4 Å². The lowest BCUT2D eigenvalue weighted by Gasteiger charge is -2.03. The van der Waals surface area contributed by atoms with Crippen LogP contribution in [0.1, 0.15) is 19.4 Å². The summed E-state index contributed by atoms with van der Waals surface area (Å²) in [5.74, 6) is 0. The van der Waals surface area contributed by atoms with Gasteiger partial charge >= 0.3 is 0 Å². The van der Waals surface area contributed by atoms with Gasteiger partial charge in [0.25, 0.3) is 0 Å². The van der Waals surface area contributed by atoms with Crippen LogP contribution in [0, 0.1) is 0 Å². The van der Waals surface area contributed by atoms with Crippen LogP contribution in [0.4, 0.5) is 16.4 Å². The molecular weight excluding hydrogens is 372 g/mol. The predicted molar refractivity (Wildman–Crippen MR) is 117 cm³/mol. The standard InChI is InChI=1S/C21H20N4S2/c1-3-14-5-9-17(10-6-14)24-25-19-13-18-21(27-19)23-20(26-18)15-7-11-16(12-8-15)22-4-2/h5-13,22H,3-4H2,1-2H3. The molecule has 4 rings (SSSR count). The average molecular weight is 393 g/mol. The SMILES string of the molecule is CCNc1ccc(-c2nc3sc(N=Nc4ccc(CC)cc4)cc3s2)cc1. The van der Waals surface area contributed by atoms with Crippen LogP contribution in [0.3, 0.4) is 0 Å². The highest BCUT2D eigenvalue weighted by Crippen LogP contribution is 2.39. The van der Waals surface area contributed by atoms with E-state index in [1.807, 2.05) is 12.1 Å². The zero-order valence-electron chi connectivity index (χ0n) is 15.3. The van der Waals surface area contributed by atoms with Crippen LogP contribution < -0.4 is 5.32 Å². The Balaban J connectivity index is 1.52. The molecule has 0 atom stereocenters. The fourth-order valence-electron chi connectivity index (χ4n) is 2.74. The molecule has 0 aliphatic rings. The van der Waals surface area contributed by atoms with Gasteiger partial charge in [-0.05, 0) is 61.4 Å². The Labute approximate surface area is 166 Å². The Kier molecular flexibility index (Phi) is 5.27. The van der Waals surface area contributed by atoms with Gasteiger partial charge in [0.2, 0.25) is 0 Å². The van der Waals surface area contributed by atoms with Gasteiger partial charge in [-0.1, -0.05) is 30.4 Å². The zero-order chi connectivity index (χ0) is 18.6. The number of anilines is 1. The quantitative estimate of drug-likeness (QED) is 0.347. The van der Waals surface area contributed by atoms with Gasteiger partial charge in [-0.2, -0.15) is 0 Å². The number of azo groups is 1. The normalized spacial score (nSPS) is 11.5. The minimum atomic E-state index is 0.874. The number of thiazole rings is 1. The van der Waals surface area contributed by atoms with Gasteiger partial charge in [0.1, 0.15) is 14.8 Å². The Bertz CT molecular complexity index is 1030. The fraction of sp³-hybridized carbons (Fsp3) is 0.190. The molecule has 136 valence electrons. The molecule has 0 unspecified atom stereocenters. The van der Waals surface area contributed by atoms with Gasteiger partial charge in [-0.25, -0.2) is 4.98 Å². The minimum absolute atomic E-state index is 0.874. The summed E-state index contributed by atoms with van der Waals surface area (Å²) < 4.78 is 1.15. The summed E-state index contributed by atoms with van der Waals surface area (Å²) in [4.78, 5) is 5.79. The molecule has 4 nitrogen and oxygen atoms in total. The molecule has 0 fully saturated rings. The number of benzene rings is 2. The molecular formula is C21H20N4S2. The molecule has 27 heavy (non-hydrogen) atoms. The summed E-state index contributed by atoms with van der Waals surface area (Å²) >= 11 is 3.27. The van der Waals surface area contributed by atoms with E-state index in [0.717, 1.165) is 49.4 Å². The van der Waals surface area contributed by atoms with Crippen molar-refractivity contribution < 1.29 is 0 Å². The van der Waals surface area contributed by atoms with Crippen LogP contribution in [0.5, 0.6) is 0 Å². The third-order valence-corrected chi connectivity index (χ3v) is 6.29. The number of hydrogen-bond acceptors (Lipinski definition) is 6. The summed E-state index contributed by atoms with van der Waals surface area (Å²) in [6.07, 6.45) is 1.03. The van der Waals surface area contributed by atoms with Crippen molar-refractivity contribution in [1.29, 1.82) is 0 Å². The number of nitrogens with one attached hydrogen (secondary N) is 1. The fourth-order valence-corrected chi connectivity index (χ4v) is 4.77. The van der Waals surface area contributed by atoms with E-state index in [4.69, 9.17) is 4.98 Å². The number of aryl methyl sites for hydroxylation is 1. The molecule has 0 saturated carbocycles. The molecule has 2 aromatic heterocycles. The van der Waals surface area contributed by atoms with Gasteiger partial charge in [0, 0.05) is 17.8 Å². The number of rotatable bonds is 6. The van der Waals surface area contributed by atoms with Crippen LogP contribution in [0.2, 0.25) is 0 Å². The second-order valence-electron chi connectivity index (χ2n) is 6.10. The largest absolute Gasteiger partial charge is 0.385 e. The zero-order valence-corrected chi connectivity index (χ0v) is 16.9. The Morgan fingerprint density at radius 1 is 0.926 bits per heavy atom. The molecule has 0 saturated heterocycles. The van der Waals surface area contributed by atoms with Crippen molar-refractivity contribution in [2.24, 2.45) is 10.2 Å². The predicted octanol–water partition coefficient (Wildman–Crippen LogP) is 7.43. The second kappa shape index (κ2) is 7.98. The van der Waals surface area contributed by atoms with Gasteiger partial charge in [0.15, 0.2) is 0 Å². The summed E-state index contributed by atoms with van der Waals surface area (Å²) in [6.45, 7) is 5.16. The molecule has 0 aliphatic carbocycles. The third-order valence-electron chi connectivity index (χ3n) is 4.20. The second-order valence-corrected chi connectivity index (χ2v) is 8.14. The third kappa shape index (κ3) is 4.07. The lowest BCUT2D eigenvalue weighted by atomic mass is 10.2. The van der Waals surface area contributed by atoms with E-state index in [0.29, 0.717) is 0 Å². The van der Waals surface area contributed by atoms with Crippen LogP contribution in [0.25, 0.3) is 20.1 Å². The lowest BCUT2D eigenvalue weighted by Crippen LogP contribution is -1.95. The van der Waals surface area contributed by atoms with Crippen molar-refractivity contribution in [3.63, 3.8) is 0 Å². The van der Waals surface area contributed by atoms with Crippen LogP contribution >= 0.6 is 22.7 Å². The Hall–Kier alpha value is -2.57. The number of nitrogens with zero attached hydrogens (tertiary/aromatic N) is 3. The first kappa shape index (κ1) is 17.8. The van der Waals surface area contributed by atoms with E-state index in [-0.39, 0.29) is 0 Å². The molecule has 6 heteroatoms. The van der Waals surface area contributed by atoms with Crippen molar-refractivity contribution in [3.05, 3.63) is 60.2 Å². The number of fused-ring (bicyclic) bond motifs is 1. The van der Waals surface area contributed by atoms with E-state index in [1.54, 1.807) is 22.7 Å². The van der Waals surface area contributed by atoms with E-state index in [1.165, 1.54) is 5.56 Å². The molecule has 1 N–H and O–H groups in total. The topological polar surface area (TPSA) is 49.6 Å². The van der Waals surface area contributed by atoms with E-state index in [2.05, 4.69) is 71.9 Å². The monoisotopic (exact) mass is 392 g/mol. The average Bonchev–Trinajstić information content (AvgIpc) is 3.26. The van der Waals surface area contributed by atoms with Gasteiger partial charge in [-0.3, -0.25) is 0 Å².